The van der Waals surface area contributed by atoms with Gasteiger partial charge in [0.15, 0.2) is 5.17 Å². The van der Waals surface area contributed by atoms with E-state index in [1.54, 1.807) is 11.3 Å². The molecule has 1 aromatic heterocycles. The molecule has 0 radical (unpaired) electrons. The van der Waals surface area contributed by atoms with Crippen LogP contribution in [0.15, 0.2) is 14.7 Å². The summed E-state index contributed by atoms with van der Waals surface area (Å²) in [7, 11) is 0. The van der Waals surface area contributed by atoms with Gasteiger partial charge in [0.25, 0.3) is 0 Å². The lowest BCUT2D eigenvalue weighted by molar-refractivity contribution is 0.886. The van der Waals surface area contributed by atoms with Gasteiger partial charge in [0.2, 0.25) is 0 Å². The maximum absolute atomic E-state index is 5.98. The van der Waals surface area contributed by atoms with Gasteiger partial charge in [-0.1, -0.05) is 36.2 Å². The Morgan fingerprint density at radius 1 is 1.44 bits per heavy atom. The molecule has 1 aromatic rings. The van der Waals surface area contributed by atoms with Crippen LogP contribution >= 0.6 is 46.6 Å². The number of hydrogen-bond acceptors (Lipinski definition) is 5. The van der Waals surface area contributed by atoms with Crippen molar-refractivity contribution in [3.05, 3.63) is 10.4 Å². The first kappa shape index (κ1) is 11.3. The molecule has 2 aliphatic rings. The summed E-state index contributed by atoms with van der Waals surface area (Å²) in [5.74, 6) is 0. The second kappa shape index (κ2) is 4.80. The third-order valence-electron chi connectivity index (χ3n) is 2.70. The van der Waals surface area contributed by atoms with Crippen LogP contribution < -0.4 is 5.32 Å². The molecule has 0 aromatic carbocycles. The lowest BCUT2D eigenvalue weighted by atomic mass is 10.4. The summed E-state index contributed by atoms with van der Waals surface area (Å²) in [5.41, 5.74) is 1.12. The molecule has 1 aliphatic heterocycles. The largest absolute Gasteiger partial charge is 0.332 e. The minimum Gasteiger partial charge on any atom is -0.332 e. The summed E-state index contributed by atoms with van der Waals surface area (Å²) in [5, 5.41) is 5.16. The van der Waals surface area contributed by atoms with Gasteiger partial charge in [0, 0.05) is 17.2 Å². The zero-order valence-electron chi connectivity index (χ0n) is 8.53. The highest BCUT2D eigenvalue weighted by molar-refractivity contribution is 8.15. The maximum atomic E-state index is 5.98. The number of rotatable bonds is 1. The number of halogens is 1. The van der Waals surface area contributed by atoms with Crippen molar-refractivity contribution in [3.8, 4) is 0 Å². The summed E-state index contributed by atoms with van der Waals surface area (Å²) in [6.45, 7) is 0. The zero-order chi connectivity index (χ0) is 11.0. The van der Waals surface area contributed by atoms with Gasteiger partial charge in [-0.3, -0.25) is 0 Å². The molecule has 3 rings (SSSR count). The van der Waals surface area contributed by atoms with Gasteiger partial charge in [-0.05, 0) is 18.9 Å². The molecule has 1 fully saturated rings. The van der Waals surface area contributed by atoms with Crippen LogP contribution in [0.2, 0.25) is 4.34 Å². The van der Waals surface area contributed by atoms with Crippen molar-refractivity contribution in [2.45, 2.75) is 35.1 Å². The average molecular weight is 291 g/mol. The highest BCUT2D eigenvalue weighted by Crippen LogP contribution is 2.43. The minimum absolute atomic E-state index is 0.752. The quantitative estimate of drug-likeness (QED) is 0.747. The van der Waals surface area contributed by atoms with E-state index in [9.17, 15) is 0 Å². The fourth-order valence-electron chi connectivity index (χ4n) is 1.94. The van der Waals surface area contributed by atoms with Crippen molar-refractivity contribution in [3.63, 3.8) is 0 Å². The summed E-state index contributed by atoms with van der Waals surface area (Å²) >= 11 is 11.0. The van der Waals surface area contributed by atoms with E-state index in [0.29, 0.717) is 0 Å². The Labute approximate surface area is 112 Å². The van der Waals surface area contributed by atoms with Crippen LogP contribution in [-0.2, 0) is 0 Å². The fourth-order valence-corrected chi connectivity index (χ4v) is 5.28. The molecule has 6 heteroatoms. The van der Waals surface area contributed by atoms with Gasteiger partial charge in [0.05, 0.1) is 10.0 Å². The van der Waals surface area contributed by atoms with Crippen molar-refractivity contribution in [1.82, 2.24) is 0 Å². The van der Waals surface area contributed by atoms with E-state index >= 15 is 0 Å². The van der Waals surface area contributed by atoms with Gasteiger partial charge in [-0.15, -0.1) is 11.3 Å². The molecular weight excluding hydrogens is 280 g/mol. The minimum atomic E-state index is 0.752. The lowest BCUT2D eigenvalue weighted by Gasteiger charge is -2.16. The van der Waals surface area contributed by atoms with Crippen LogP contribution in [0, 0.1) is 0 Å². The topological polar surface area (TPSA) is 24.4 Å². The molecule has 1 aliphatic carbocycles. The standard InChI is InChI=1S/C10H11ClN2S3/c11-8-5-7-9(15-8)16-13-10(12-7)14-6-3-1-2-4-6/h5-6H,1-4H2,(H,12,13). The molecule has 2 nitrogen and oxygen atoms in total. The zero-order valence-corrected chi connectivity index (χ0v) is 11.7. The first-order chi connectivity index (χ1) is 7.81. The van der Waals surface area contributed by atoms with E-state index in [1.165, 1.54) is 41.8 Å². The first-order valence-electron chi connectivity index (χ1n) is 5.29. The molecule has 0 amide bonds. The van der Waals surface area contributed by atoms with Crippen molar-refractivity contribution in [2.75, 3.05) is 5.32 Å². The molecule has 0 atom stereocenters. The van der Waals surface area contributed by atoms with Crippen LogP contribution in [0.5, 0.6) is 0 Å². The molecule has 0 spiro atoms. The predicted octanol–water partition coefficient (Wildman–Crippen LogP) is 4.87. The van der Waals surface area contributed by atoms with Crippen LogP contribution in [0.4, 0.5) is 5.69 Å². The Kier molecular flexibility index (Phi) is 3.38. The van der Waals surface area contributed by atoms with Crippen molar-refractivity contribution in [2.24, 2.45) is 4.40 Å². The van der Waals surface area contributed by atoms with Crippen molar-refractivity contribution >= 4 is 57.5 Å². The van der Waals surface area contributed by atoms with Crippen molar-refractivity contribution in [1.29, 1.82) is 0 Å². The summed E-state index contributed by atoms with van der Waals surface area (Å²) in [4.78, 5) is 0. The summed E-state index contributed by atoms with van der Waals surface area (Å²) in [6.07, 6.45) is 5.39. The van der Waals surface area contributed by atoms with Gasteiger partial charge in [-0.2, -0.15) is 4.40 Å². The molecule has 1 N–H and O–H groups in total. The highest BCUT2D eigenvalue weighted by atomic mass is 35.5. The number of nitrogens with zero attached hydrogens (tertiary/aromatic N) is 1. The number of thiophene rings is 1. The predicted molar refractivity (Wildman–Crippen MR) is 76.1 cm³/mol. The number of thioether (sulfide) groups is 1. The molecule has 86 valence electrons. The van der Waals surface area contributed by atoms with E-state index in [0.717, 1.165) is 20.4 Å². The third kappa shape index (κ3) is 2.37. The molecule has 0 bridgehead atoms. The number of anilines is 1. The number of amidine groups is 1. The Hall–Kier alpha value is 0.160. The van der Waals surface area contributed by atoms with Gasteiger partial charge >= 0.3 is 0 Å². The smallest absolute Gasteiger partial charge is 0.173 e. The second-order valence-electron chi connectivity index (χ2n) is 3.89. The second-order valence-corrected chi connectivity index (χ2v) is 7.89. The molecule has 2 heterocycles. The monoisotopic (exact) mass is 290 g/mol. The van der Waals surface area contributed by atoms with E-state index in [1.807, 2.05) is 17.8 Å². The number of nitrogens with one attached hydrogen (secondary N) is 1. The van der Waals surface area contributed by atoms with E-state index in [4.69, 9.17) is 11.6 Å². The molecule has 1 saturated carbocycles. The molecule has 16 heavy (non-hydrogen) atoms. The Bertz CT molecular complexity index is 424. The Morgan fingerprint density at radius 2 is 2.25 bits per heavy atom. The van der Waals surface area contributed by atoms with E-state index < -0.39 is 0 Å². The summed E-state index contributed by atoms with van der Waals surface area (Å²) in [6, 6.07) is 1.98. The normalized spacial score (nSPS) is 20.4. The molecular formula is C10H11ClN2S3. The van der Waals surface area contributed by atoms with E-state index in [2.05, 4.69) is 9.71 Å². The third-order valence-corrected chi connectivity index (χ3v) is 6.23. The van der Waals surface area contributed by atoms with E-state index in [-0.39, 0.29) is 0 Å². The van der Waals surface area contributed by atoms with Gasteiger partial charge in [-0.25, -0.2) is 0 Å². The molecule has 0 unspecified atom stereocenters. The number of hydrogen-bond donors (Lipinski definition) is 1. The molecule has 0 saturated heterocycles. The van der Waals surface area contributed by atoms with Crippen LogP contribution in [0.1, 0.15) is 25.7 Å². The number of fused-ring (bicyclic) bond motifs is 1. The lowest BCUT2D eigenvalue weighted by Crippen LogP contribution is -2.13. The summed E-state index contributed by atoms with van der Waals surface area (Å²) < 4.78 is 6.48. The Morgan fingerprint density at radius 3 is 3.06 bits per heavy atom. The maximum Gasteiger partial charge on any atom is 0.173 e. The van der Waals surface area contributed by atoms with Gasteiger partial charge < -0.3 is 5.32 Å². The van der Waals surface area contributed by atoms with Crippen LogP contribution in [-0.4, -0.2) is 10.4 Å². The fraction of sp³-hybridized carbons (Fsp3) is 0.500. The highest BCUT2D eigenvalue weighted by Gasteiger charge is 2.22. The van der Waals surface area contributed by atoms with Crippen LogP contribution in [0.25, 0.3) is 0 Å². The SMILES string of the molecule is Clc1cc2c(s1)SN=C(SC1CCCC1)N2. The van der Waals surface area contributed by atoms with Gasteiger partial charge in [0.1, 0.15) is 4.21 Å². The first-order valence-corrected chi connectivity index (χ1v) is 8.14. The van der Waals surface area contributed by atoms with Crippen molar-refractivity contribution < 1.29 is 0 Å². The van der Waals surface area contributed by atoms with Crippen LogP contribution in [0.3, 0.4) is 0 Å². The average Bonchev–Trinajstić information content (AvgIpc) is 2.85. The Balaban J connectivity index is 1.68.